The first-order valence-electron chi connectivity index (χ1n) is 4.08. The summed E-state index contributed by atoms with van der Waals surface area (Å²) in [5.74, 6) is -1.19. The van der Waals surface area contributed by atoms with E-state index in [9.17, 15) is 9.36 Å². The Bertz CT molecular complexity index is 337. The molecule has 2 atom stereocenters. The van der Waals surface area contributed by atoms with E-state index in [0.717, 1.165) is 0 Å². The van der Waals surface area contributed by atoms with Crippen molar-refractivity contribution in [2.75, 3.05) is 0 Å². The number of carboxylic acid groups (broad SMARTS) is 1. The number of oxime groups is 1. The topological polar surface area (TPSA) is 142 Å². The van der Waals surface area contributed by atoms with Gasteiger partial charge in [0.25, 0.3) is 0 Å². The van der Waals surface area contributed by atoms with Crippen LogP contribution in [0.4, 0.5) is 0 Å². The third-order valence-electron chi connectivity index (χ3n) is 1.89. The van der Waals surface area contributed by atoms with Crippen LogP contribution in [-0.2, 0) is 14.2 Å². The molecule has 0 saturated heterocycles. The van der Waals surface area contributed by atoms with E-state index < -0.39 is 25.7 Å². The molecule has 0 spiro atoms. The van der Waals surface area contributed by atoms with Gasteiger partial charge in [0.2, 0.25) is 0 Å². The number of rotatable bonds is 4. The largest absolute Gasteiger partial charge is 0.480 e. The highest BCUT2D eigenvalue weighted by Gasteiger charge is 2.34. The van der Waals surface area contributed by atoms with E-state index in [4.69, 9.17) is 20.6 Å². The van der Waals surface area contributed by atoms with Crippen LogP contribution in [0.5, 0.6) is 0 Å². The van der Waals surface area contributed by atoms with Gasteiger partial charge < -0.3 is 25.5 Å². The van der Waals surface area contributed by atoms with Crippen LogP contribution < -0.4 is 5.73 Å². The monoisotopic (exact) mass is 238 g/mol. The maximum Gasteiger partial charge on any atom is 0.373 e. The van der Waals surface area contributed by atoms with Gasteiger partial charge in [-0.25, -0.2) is 0 Å². The van der Waals surface area contributed by atoms with E-state index >= 15 is 0 Å². The maximum absolute atomic E-state index is 10.7. The molecule has 1 aliphatic heterocycles. The highest BCUT2D eigenvalue weighted by molar-refractivity contribution is 7.70. The van der Waals surface area contributed by atoms with E-state index in [1.54, 1.807) is 0 Å². The zero-order chi connectivity index (χ0) is 11.6. The van der Waals surface area contributed by atoms with E-state index in [-0.39, 0.29) is 18.3 Å². The van der Waals surface area contributed by atoms with Gasteiger partial charge >= 0.3 is 13.6 Å². The minimum absolute atomic E-state index is 0.0394. The lowest BCUT2D eigenvalue weighted by atomic mass is 10.1. The molecule has 1 heterocycles. The van der Waals surface area contributed by atoms with Crippen molar-refractivity contribution in [1.82, 2.24) is 0 Å². The first kappa shape index (κ1) is 12.1. The average Bonchev–Trinajstić information content (AvgIpc) is 2.51. The van der Waals surface area contributed by atoms with Crippen LogP contribution >= 0.6 is 7.60 Å². The van der Waals surface area contributed by atoms with Crippen molar-refractivity contribution in [3.63, 3.8) is 0 Å². The zero-order valence-electron chi connectivity index (χ0n) is 7.61. The van der Waals surface area contributed by atoms with E-state index in [2.05, 4.69) is 9.99 Å². The SMILES string of the molecule is N[C@H](C[C@H]1CC(P(=O)(O)O)=NO1)C(=O)O. The molecule has 5 N–H and O–H groups in total. The third kappa shape index (κ3) is 3.28. The van der Waals surface area contributed by atoms with Gasteiger partial charge in [-0.05, 0) is 0 Å². The van der Waals surface area contributed by atoms with Crippen LogP contribution in [0.25, 0.3) is 0 Å². The van der Waals surface area contributed by atoms with Crippen LogP contribution in [0.1, 0.15) is 12.8 Å². The van der Waals surface area contributed by atoms with Crippen molar-refractivity contribution in [2.45, 2.75) is 25.0 Å². The lowest BCUT2D eigenvalue weighted by molar-refractivity contribution is -0.139. The van der Waals surface area contributed by atoms with E-state index in [0.29, 0.717) is 0 Å². The standard InChI is InChI=1S/C6H11N2O6P/c7-4(6(9)10)1-3-2-5(8-14-3)15(11,12)13/h3-4H,1-2,7H2,(H,9,10)(H2,11,12,13)/t3-,4+/m0/s1. The van der Waals surface area contributed by atoms with Crippen molar-refractivity contribution in [1.29, 1.82) is 0 Å². The van der Waals surface area contributed by atoms with Gasteiger partial charge in [-0.15, -0.1) is 0 Å². The van der Waals surface area contributed by atoms with Crippen LogP contribution in [0.3, 0.4) is 0 Å². The summed E-state index contributed by atoms with van der Waals surface area (Å²) in [7, 11) is -4.38. The summed E-state index contributed by atoms with van der Waals surface area (Å²) in [6.07, 6.45) is -0.813. The summed E-state index contributed by atoms with van der Waals surface area (Å²) >= 11 is 0. The Morgan fingerprint density at radius 2 is 2.33 bits per heavy atom. The van der Waals surface area contributed by atoms with Gasteiger partial charge in [-0.3, -0.25) is 9.36 Å². The highest BCUT2D eigenvalue weighted by Crippen LogP contribution is 2.41. The molecule has 0 fully saturated rings. The fourth-order valence-electron chi connectivity index (χ4n) is 1.10. The lowest BCUT2D eigenvalue weighted by Gasteiger charge is -2.10. The Labute approximate surface area is 84.9 Å². The average molecular weight is 238 g/mol. The maximum atomic E-state index is 10.7. The summed E-state index contributed by atoms with van der Waals surface area (Å²) < 4.78 is 10.7. The molecule has 0 aromatic heterocycles. The Hall–Kier alpha value is -0.950. The molecule has 9 heteroatoms. The zero-order valence-corrected chi connectivity index (χ0v) is 8.50. The molecule has 0 aromatic rings. The number of hydrogen-bond donors (Lipinski definition) is 4. The van der Waals surface area contributed by atoms with Crippen molar-refractivity contribution in [3.8, 4) is 0 Å². The molecule has 0 aromatic carbocycles. The van der Waals surface area contributed by atoms with Crippen LogP contribution in [-0.4, -0.2) is 38.5 Å². The molecule has 1 aliphatic rings. The first-order chi connectivity index (χ1) is 6.80. The summed E-state index contributed by atoms with van der Waals surface area (Å²) in [4.78, 5) is 32.5. The minimum Gasteiger partial charge on any atom is -0.480 e. The smallest absolute Gasteiger partial charge is 0.373 e. The molecule has 0 saturated carbocycles. The van der Waals surface area contributed by atoms with Crippen molar-refractivity contribution >= 4 is 19.0 Å². The molecule has 86 valence electrons. The van der Waals surface area contributed by atoms with Gasteiger partial charge in [-0.2, -0.15) is 0 Å². The second kappa shape index (κ2) is 4.28. The predicted octanol–water partition coefficient (Wildman–Crippen LogP) is -0.932. The van der Waals surface area contributed by atoms with Gasteiger partial charge in [0, 0.05) is 12.8 Å². The van der Waals surface area contributed by atoms with Gasteiger partial charge in [0.15, 0.2) is 5.45 Å². The van der Waals surface area contributed by atoms with Crippen molar-refractivity contribution in [2.24, 2.45) is 10.9 Å². The van der Waals surface area contributed by atoms with E-state index in [1.165, 1.54) is 0 Å². The third-order valence-corrected chi connectivity index (χ3v) is 2.82. The second-order valence-corrected chi connectivity index (χ2v) is 4.77. The molecule has 8 nitrogen and oxygen atoms in total. The van der Waals surface area contributed by atoms with Gasteiger partial charge in [0.1, 0.15) is 12.1 Å². The van der Waals surface area contributed by atoms with Crippen LogP contribution in [0.15, 0.2) is 5.16 Å². The number of carbonyl (C=O) groups is 1. The fraction of sp³-hybridized carbons (Fsp3) is 0.667. The lowest BCUT2D eigenvalue weighted by Crippen LogP contribution is -2.34. The first-order valence-corrected chi connectivity index (χ1v) is 5.69. The normalized spacial score (nSPS) is 23.1. The minimum atomic E-state index is -4.38. The summed E-state index contributed by atoms with van der Waals surface area (Å²) in [5.41, 5.74) is 4.86. The summed E-state index contributed by atoms with van der Waals surface area (Å²) in [6.45, 7) is 0. The Kier molecular flexibility index (Phi) is 3.46. The Balaban J connectivity index is 2.48. The predicted molar refractivity (Wildman–Crippen MR) is 49.2 cm³/mol. The second-order valence-electron chi connectivity index (χ2n) is 3.16. The van der Waals surface area contributed by atoms with Gasteiger partial charge in [0.05, 0.1) is 0 Å². The Morgan fingerprint density at radius 1 is 1.73 bits per heavy atom. The van der Waals surface area contributed by atoms with Gasteiger partial charge in [-0.1, -0.05) is 5.16 Å². The number of nitrogens with zero attached hydrogens (tertiary/aromatic N) is 1. The van der Waals surface area contributed by atoms with Crippen molar-refractivity contribution < 1.29 is 29.1 Å². The molecular formula is C6H11N2O6P. The molecule has 0 bridgehead atoms. The van der Waals surface area contributed by atoms with Crippen LogP contribution in [0, 0.1) is 0 Å². The number of nitrogens with two attached hydrogens (primary N) is 1. The molecule has 0 unspecified atom stereocenters. The molecule has 0 aliphatic carbocycles. The van der Waals surface area contributed by atoms with E-state index in [1.807, 2.05) is 0 Å². The highest BCUT2D eigenvalue weighted by atomic mass is 31.2. The fourth-order valence-corrected chi connectivity index (χ4v) is 1.69. The molecule has 1 rings (SSSR count). The molecule has 0 amide bonds. The summed E-state index contributed by atoms with van der Waals surface area (Å²) in [6, 6.07) is -1.12. The van der Waals surface area contributed by atoms with Crippen LogP contribution in [0.2, 0.25) is 0 Å². The quantitative estimate of drug-likeness (QED) is 0.463. The number of hydrogen-bond acceptors (Lipinski definition) is 5. The van der Waals surface area contributed by atoms with Crippen molar-refractivity contribution in [3.05, 3.63) is 0 Å². The number of aliphatic carboxylic acids is 1. The Morgan fingerprint density at radius 3 is 2.73 bits per heavy atom. The number of carboxylic acids is 1. The summed E-state index contributed by atoms with van der Waals surface area (Å²) in [5, 5.41) is 11.7. The molecule has 15 heavy (non-hydrogen) atoms. The molecule has 0 radical (unpaired) electrons. The molecular weight excluding hydrogens is 227 g/mol.